The van der Waals surface area contributed by atoms with Crippen molar-refractivity contribution in [2.75, 3.05) is 47.9 Å². The normalized spacial score (nSPS) is 28.2. The maximum absolute atomic E-state index is 5.74. The summed E-state index contributed by atoms with van der Waals surface area (Å²) in [5.41, 5.74) is 1.27. The second-order valence-corrected chi connectivity index (χ2v) is 5.96. The summed E-state index contributed by atoms with van der Waals surface area (Å²) >= 11 is 0. The van der Waals surface area contributed by atoms with Gasteiger partial charge in [-0.1, -0.05) is 6.92 Å². The third kappa shape index (κ3) is 2.00. The molecule has 3 aliphatic heterocycles. The summed E-state index contributed by atoms with van der Waals surface area (Å²) in [5, 5.41) is 3.58. The summed E-state index contributed by atoms with van der Waals surface area (Å²) in [6.45, 7) is 7.16. The highest BCUT2D eigenvalue weighted by atomic mass is 16.5. The Morgan fingerprint density at radius 3 is 3.15 bits per heavy atom. The lowest BCUT2D eigenvalue weighted by Gasteiger charge is -2.34. The number of morpholine rings is 1. The molecule has 1 N–H and O–H groups in total. The van der Waals surface area contributed by atoms with Gasteiger partial charge in [-0.3, -0.25) is 0 Å². The van der Waals surface area contributed by atoms with E-state index in [4.69, 9.17) is 9.72 Å². The van der Waals surface area contributed by atoms with Gasteiger partial charge in [-0.25, -0.2) is 4.98 Å². The first-order valence-electron chi connectivity index (χ1n) is 7.72. The van der Waals surface area contributed by atoms with Crippen LogP contribution >= 0.6 is 0 Å². The van der Waals surface area contributed by atoms with Gasteiger partial charge in [0.25, 0.3) is 0 Å². The van der Waals surface area contributed by atoms with Crippen molar-refractivity contribution in [3.8, 4) is 0 Å². The van der Waals surface area contributed by atoms with E-state index in [9.17, 15) is 0 Å². The first-order chi connectivity index (χ1) is 9.83. The van der Waals surface area contributed by atoms with Gasteiger partial charge in [0.15, 0.2) is 5.82 Å². The SMILES string of the molecule is CC[C@@H]1CN(c2ccc3c(n2)N[C@@H]2CCN3C2)CCO1. The topological polar surface area (TPSA) is 40.6 Å². The van der Waals surface area contributed by atoms with E-state index in [-0.39, 0.29) is 0 Å². The van der Waals surface area contributed by atoms with Crippen molar-refractivity contribution >= 4 is 17.3 Å². The van der Waals surface area contributed by atoms with Crippen molar-refractivity contribution in [2.45, 2.75) is 31.9 Å². The lowest BCUT2D eigenvalue weighted by Crippen LogP contribution is -2.43. The Balaban J connectivity index is 1.59. The fourth-order valence-corrected chi connectivity index (χ4v) is 3.44. The van der Waals surface area contributed by atoms with Crippen molar-refractivity contribution < 1.29 is 4.74 Å². The molecular formula is C15H22N4O. The third-order valence-electron chi connectivity index (χ3n) is 4.65. The van der Waals surface area contributed by atoms with E-state index in [1.807, 2.05) is 0 Å². The molecule has 20 heavy (non-hydrogen) atoms. The molecule has 0 aromatic carbocycles. The average Bonchev–Trinajstić information content (AvgIpc) is 2.89. The van der Waals surface area contributed by atoms with Gasteiger partial charge in [0.2, 0.25) is 0 Å². The van der Waals surface area contributed by atoms with E-state index in [1.54, 1.807) is 0 Å². The Morgan fingerprint density at radius 1 is 1.30 bits per heavy atom. The van der Waals surface area contributed by atoms with Crippen molar-refractivity contribution in [2.24, 2.45) is 0 Å². The number of pyridine rings is 1. The summed E-state index contributed by atoms with van der Waals surface area (Å²) in [4.78, 5) is 9.66. The molecule has 1 aromatic heterocycles. The maximum Gasteiger partial charge on any atom is 0.152 e. The molecular weight excluding hydrogens is 252 g/mol. The van der Waals surface area contributed by atoms with Crippen LogP contribution in [0.2, 0.25) is 0 Å². The summed E-state index contributed by atoms with van der Waals surface area (Å²) < 4.78 is 5.74. The van der Waals surface area contributed by atoms with Crippen LogP contribution in [-0.2, 0) is 4.74 Å². The molecule has 2 bridgehead atoms. The predicted molar refractivity (Wildman–Crippen MR) is 80.7 cm³/mol. The number of nitrogens with one attached hydrogen (secondary N) is 1. The lowest BCUT2D eigenvalue weighted by atomic mass is 10.2. The Hall–Kier alpha value is -1.49. The molecule has 108 valence electrons. The molecule has 4 rings (SSSR count). The fourth-order valence-electron chi connectivity index (χ4n) is 3.44. The van der Waals surface area contributed by atoms with Crippen LogP contribution < -0.4 is 15.1 Å². The van der Waals surface area contributed by atoms with Gasteiger partial charge in [0, 0.05) is 32.2 Å². The largest absolute Gasteiger partial charge is 0.375 e. The van der Waals surface area contributed by atoms with E-state index < -0.39 is 0 Å². The molecule has 5 nitrogen and oxygen atoms in total. The Bertz CT molecular complexity index is 507. The zero-order valence-electron chi connectivity index (χ0n) is 12.0. The molecule has 0 spiro atoms. The Labute approximate surface area is 119 Å². The molecule has 2 saturated heterocycles. The Kier molecular flexibility index (Phi) is 2.95. The first-order valence-corrected chi connectivity index (χ1v) is 7.72. The minimum absolute atomic E-state index is 0.342. The molecule has 0 aliphatic carbocycles. The average molecular weight is 274 g/mol. The van der Waals surface area contributed by atoms with E-state index in [0.29, 0.717) is 12.1 Å². The number of rotatable bonds is 2. The van der Waals surface area contributed by atoms with Crippen LogP contribution in [0.4, 0.5) is 17.3 Å². The number of anilines is 3. The summed E-state index contributed by atoms with van der Waals surface area (Å²) in [7, 11) is 0. The molecule has 0 unspecified atom stereocenters. The third-order valence-corrected chi connectivity index (χ3v) is 4.65. The molecule has 0 radical (unpaired) electrons. The van der Waals surface area contributed by atoms with Gasteiger partial charge >= 0.3 is 0 Å². The van der Waals surface area contributed by atoms with Crippen LogP contribution in [0.5, 0.6) is 0 Å². The maximum atomic E-state index is 5.74. The molecule has 2 atom stereocenters. The van der Waals surface area contributed by atoms with Gasteiger partial charge in [0.1, 0.15) is 5.82 Å². The van der Waals surface area contributed by atoms with Gasteiger partial charge in [-0.05, 0) is 25.0 Å². The van der Waals surface area contributed by atoms with Crippen LogP contribution in [0.3, 0.4) is 0 Å². The number of aromatic nitrogens is 1. The van der Waals surface area contributed by atoms with E-state index >= 15 is 0 Å². The number of nitrogens with zero attached hydrogens (tertiary/aromatic N) is 3. The second kappa shape index (κ2) is 4.81. The monoisotopic (exact) mass is 274 g/mol. The van der Waals surface area contributed by atoms with Crippen molar-refractivity contribution in [1.82, 2.24) is 4.98 Å². The van der Waals surface area contributed by atoms with Gasteiger partial charge in [-0.15, -0.1) is 0 Å². The first kappa shape index (κ1) is 12.3. The van der Waals surface area contributed by atoms with Crippen LogP contribution in [0.1, 0.15) is 19.8 Å². The minimum atomic E-state index is 0.342. The molecule has 5 heteroatoms. The number of ether oxygens (including phenoxy) is 1. The van der Waals surface area contributed by atoms with E-state index in [2.05, 4.69) is 34.2 Å². The lowest BCUT2D eigenvalue weighted by molar-refractivity contribution is 0.0382. The van der Waals surface area contributed by atoms with Crippen LogP contribution in [0.15, 0.2) is 12.1 Å². The van der Waals surface area contributed by atoms with Crippen LogP contribution in [-0.4, -0.2) is 49.9 Å². The Morgan fingerprint density at radius 2 is 2.25 bits per heavy atom. The molecule has 4 heterocycles. The van der Waals surface area contributed by atoms with Gasteiger partial charge in [0.05, 0.1) is 18.4 Å². The van der Waals surface area contributed by atoms with Crippen LogP contribution in [0, 0.1) is 0 Å². The number of fused-ring (bicyclic) bond motifs is 4. The fraction of sp³-hybridized carbons (Fsp3) is 0.667. The molecule has 0 saturated carbocycles. The summed E-state index contributed by atoms with van der Waals surface area (Å²) in [6, 6.07) is 4.97. The smallest absolute Gasteiger partial charge is 0.152 e. The second-order valence-electron chi connectivity index (χ2n) is 5.96. The number of hydrogen-bond acceptors (Lipinski definition) is 5. The molecule has 3 aliphatic rings. The van der Waals surface area contributed by atoms with Gasteiger partial charge in [-0.2, -0.15) is 0 Å². The zero-order valence-corrected chi connectivity index (χ0v) is 12.0. The van der Waals surface area contributed by atoms with Crippen LogP contribution in [0.25, 0.3) is 0 Å². The molecule has 0 amide bonds. The standard InChI is InChI=1S/C15H22N4O/c1-2-12-10-19(7-8-20-12)14-4-3-13-15(17-14)16-11-5-6-18(13)9-11/h3-4,11-12H,2,5-10H2,1H3,(H,16,17)/t11-,12-/m1/s1. The highest BCUT2D eigenvalue weighted by molar-refractivity contribution is 5.72. The van der Waals surface area contributed by atoms with Crippen molar-refractivity contribution in [3.05, 3.63) is 12.1 Å². The minimum Gasteiger partial charge on any atom is -0.375 e. The highest BCUT2D eigenvalue weighted by Gasteiger charge is 2.31. The van der Waals surface area contributed by atoms with E-state index in [1.165, 1.54) is 12.1 Å². The molecule has 2 fully saturated rings. The van der Waals surface area contributed by atoms with Gasteiger partial charge < -0.3 is 19.9 Å². The predicted octanol–water partition coefficient (Wildman–Crippen LogP) is 1.70. The summed E-state index contributed by atoms with van der Waals surface area (Å²) in [6.07, 6.45) is 2.63. The van der Waals surface area contributed by atoms with Crippen molar-refractivity contribution in [3.63, 3.8) is 0 Å². The zero-order chi connectivity index (χ0) is 13.5. The van der Waals surface area contributed by atoms with Crippen molar-refractivity contribution in [1.29, 1.82) is 0 Å². The highest BCUT2D eigenvalue weighted by Crippen LogP contribution is 2.35. The van der Waals surface area contributed by atoms with E-state index in [0.717, 1.165) is 50.8 Å². The quantitative estimate of drug-likeness (QED) is 0.889. The summed E-state index contributed by atoms with van der Waals surface area (Å²) in [5.74, 6) is 2.15. The number of hydrogen-bond donors (Lipinski definition) is 1. The molecule has 1 aromatic rings.